The van der Waals surface area contributed by atoms with Crippen LogP contribution in [0, 0.1) is 6.92 Å². The summed E-state index contributed by atoms with van der Waals surface area (Å²) in [6.07, 6.45) is -0.199. The fourth-order valence-corrected chi connectivity index (χ4v) is 3.90. The van der Waals surface area contributed by atoms with Gasteiger partial charge in [0, 0.05) is 27.7 Å². The van der Waals surface area contributed by atoms with E-state index in [9.17, 15) is 19.5 Å². The van der Waals surface area contributed by atoms with E-state index < -0.39 is 17.9 Å². The number of aromatic nitrogens is 1. The van der Waals surface area contributed by atoms with Crippen LogP contribution in [0.25, 0.3) is 10.9 Å². The van der Waals surface area contributed by atoms with E-state index in [1.165, 1.54) is 16.7 Å². The molecule has 0 saturated heterocycles. The van der Waals surface area contributed by atoms with Gasteiger partial charge < -0.3 is 15.5 Å². The second-order valence-electron chi connectivity index (χ2n) is 7.58. The summed E-state index contributed by atoms with van der Waals surface area (Å²) in [5.74, 6) is -2.33. The molecular weight excluding hydrogens is 420 g/mol. The SMILES string of the molecule is Cc1c(C(C)C(=O)NC(C)CC(=O)O)c2cc(O)ccc2n1C(=O)c1ccc(Cl)cc1. The highest BCUT2D eigenvalue weighted by Gasteiger charge is 2.27. The molecule has 3 aromatic rings. The number of rotatable bonds is 6. The van der Waals surface area contributed by atoms with E-state index in [4.69, 9.17) is 16.7 Å². The van der Waals surface area contributed by atoms with Gasteiger partial charge in [0.1, 0.15) is 5.75 Å². The Kier molecular flexibility index (Phi) is 6.36. The van der Waals surface area contributed by atoms with Gasteiger partial charge in [-0.1, -0.05) is 11.6 Å². The van der Waals surface area contributed by atoms with Crippen LogP contribution in [0.1, 0.15) is 47.8 Å². The van der Waals surface area contributed by atoms with Crippen LogP contribution in [0.4, 0.5) is 0 Å². The van der Waals surface area contributed by atoms with Crippen molar-refractivity contribution in [2.75, 3.05) is 0 Å². The van der Waals surface area contributed by atoms with Gasteiger partial charge >= 0.3 is 5.97 Å². The van der Waals surface area contributed by atoms with Gasteiger partial charge in [-0.3, -0.25) is 19.0 Å². The number of hydrogen-bond donors (Lipinski definition) is 3. The van der Waals surface area contributed by atoms with Crippen LogP contribution in [0.15, 0.2) is 42.5 Å². The molecule has 0 fully saturated rings. The van der Waals surface area contributed by atoms with Crippen molar-refractivity contribution in [3.63, 3.8) is 0 Å². The normalized spacial score (nSPS) is 13.0. The highest BCUT2D eigenvalue weighted by Crippen LogP contribution is 2.34. The molecule has 162 valence electrons. The smallest absolute Gasteiger partial charge is 0.305 e. The molecule has 1 aromatic heterocycles. The Morgan fingerprint density at radius 3 is 2.35 bits per heavy atom. The first kappa shape index (κ1) is 22.4. The molecule has 2 unspecified atom stereocenters. The van der Waals surface area contributed by atoms with E-state index in [1.807, 2.05) is 0 Å². The van der Waals surface area contributed by atoms with Gasteiger partial charge in [-0.15, -0.1) is 0 Å². The number of aliphatic carboxylic acids is 1. The Morgan fingerprint density at radius 2 is 1.74 bits per heavy atom. The zero-order chi connectivity index (χ0) is 22.9. The molecule has 2 aromatic carbocycles. The van der Waals surface area contributed by atoms with Crippen molar-refractivity contribution in [2.45, 2.75) is 39.2 Å². The number of amides is 1. The average molecular weight is 443 g/mol. The predicted molar refractivity (Wildman–Crippen MR) is 118 cm³/mol. The van der Waals surface area contributed by atoms with Crippen molar-refractivity contribution in [3.05, 3.63) is 64.3 Å². The Balaban J connectivity index is 2.08. The number of carboxylic acids is 1. The number of carbonyl (C=O) groups is 3. The summed E-state index contributed by atoms with van der Waals surface area (Å²) in [7, 11) is 0. The van der Waals surface area contributed by atoms with Gasteiger partial charge in [-0.2, -0.15) is 0 Å². The first-order valence-corrected chi connectivity index (χ1v) is 10.1. The third kappa shape index (κ3) is 4.56. The van der Waals surface area contributed by atoms with Crippen molar-refractivity contribution in [3.8, 4) is 5.75 Å². The molecule has 2 atom stereocenters. The molecule has 31 heavy (non-hydrogen) atoms. The summed E-state index contributed by atoms with van der Waals surface area (Å²) in [5.41, 5.74) is 2.14. The number of hydrogen-bond acceptors (Lipinski definition) is 4. The molecule has 8 heteroatoms. The molecule has 0 radical (unpaired) electrons. The molecular formula is C23H23ClN2O5. The maximum atomic E-state index is 13.3. The molecule has 1 heterocycles. The Hall–Kier alpha value is -3.32. The van der Waals surface area contributed by atoms with E-state index in [2.05, 4.69) is 5.32 Å². The van der Waals surface area contributed by atoms with Crippen LogP contribution in [-0.4, -0.2) is 38.6 Å². The molecule has 0 saturated carbocycles. The lowest BCUT2D eigenvalue weighted by Crippen LogP contribution is -2.37. The van der Waals surface area contributed by atoms with Crippen LogP contribution in [0.2, 0.25) is 5.02 Å². The molecule has 1 amide bonds. The van der Waals surface area contributed by atoms with Gasteiger partial charge in [0.15, 0.2) is 0 Å². The zero-order valence-electron chi connectivity index (χ0n) is 17.3. The van der Waals surface area contributed by atoms with Crippen LogP contribution in [0.5, 0.6) is 5.75 Å². The Bertz CT molecular complexity index is 1170. The third-order valence-electron chi connectivity index (χ3n) is 5.23. The monoisotopic (exact) mass is 442 g/mol. The summed E-state index contributed by atoms with van der Waals surface area (Å²) in [6, 6.07) is 10.6. The molecule has 0 aliphatic rings. The number of phenolic OH excluding ortho intramolecular Hbond substituents is 1. The number of halogens is 1. The number of aromatic hydroxyl groups is 1. The maximum Gasteiger partial charge on any atom is 0.305 e. The minimum atomic E-state index is -1.01. The van der Waals surface area contributed by atoms with Crippen LogP contribution in [0.3, 0.4) is 0 Å². The molecule has 3 N–H and O–H groups in total. The predicted octanol–water partition coefficient (Wildman–Crippen LogP) is 4.08. The van der Waals surface area contributed by atoms with Crippen molar-refractivity contribution in [2.24, 2.45) is 0 Å². The summed E-state index contributed by atoms with van der Waals surface area (Å²) in [6.45, 7) is 5.04. The number of nitrogens with zero attached hydrogens (tertiary/aromatic N) is 1. The molecule has 0 bridgehead atoms. The lowest BCUT2D eigenvalue weighted by atomic mass is 9.96. The lowest BCUT2D eigenvalue weighted by Gasteiger charge is -2.17. The highest BCUT2D eigenvalue weighted by molar-refractivity contribution is 6.30. The number of carbonyl (C=O) groups excluding carboxylic acids is 2. The molecule has 0 spiro atoms. The van der Waals surface area contributed by atoms with Crippen molar-refractivity contribution >= 4 is 40.3 Å². The molecule has 0 aliphatic carbocycles. The summed E-state index contributed by atoms with van der Waals surface area (Å²) >= 11 is 5.93. The highest BCUT2D eigenvalue weighted by atomic mass is 35.5. The largest absolute Gasteiger partial charge is 0.508 e. The van der Waals surface area contributed by atoms with E-state index in [-0.39, 0.29) is 24.0 Å². The number of nitrogens with one attached hydrogen (secondary N) is 1. The minimum Gasteiger partial charge on any atom is -0.508 e. The van der Waals surface area contributed by atoms with Crippen molar-refractivity contribution in [1.29, 1.82) is 0 Å². The van der Waals surface area contributed by atoms with E-state index in [1.54, 1.807) is 51.1 Å². The fourth-order valence-electron chi connectivity index (χ4n) is 3.77. The average Bonchev–Trinajstić information content (AvgIpc) is 2.97. The van der Waals surface area contributed by atoms with Crippen LogP contribution < -0.4 is 5.32 Å². The van der Waals surface area contributed by atoms with Crippen LogP contribution in [-0.2, 0) is 9.59 Å². The molecule has 3 rings (SSSR count). The zero-order valence-corrected chi connectivity index (χ0v) is 18.1. The first-order chi connectivity index (χ1) is 14.6. The van der Waals surface area contributed by atoms with Crippen LogP contribution >= 0.6 is 11.6 Å². The second-order valence-corrected chi connectivity index (χ2v) is 8.01. The third-order valence-corrected chi connectivity index (χ3v) is 5.48. The number of benzene rings is 2. The van der Waals surface area contributed by atoms with Gasteiger partial charge in [0.2, 0.25) is 5.91 Å². The summed E-state index contributed by atoms with van der Waals surface area (Å²) in [5, 5.41) is 22.8. The van der Waals surface area contributed by atoms with E-state index >= 15 is 0 Å². The van der Waals surface area contributed by atoms with Crippen molar-refractivity contribution in [1.82, 2.24) is 9.88 Å². The standard InChI is InChI=1S/C23H23ClN2O5/c1-12(10-20(28)29)25-22(30)13(2)21-14(3)26(19-9-8-17(27)11-18(19)21)23(31)15-4-6-16(24)7-5-15/h4-9,11-13,27H,10H2,1-3H3,(H,25,30)(H,28,29). The second kappa shape index (κ2) is 8.81. The topological polar surface area (TPSA) is 109 Å². The number of carboxylic acid groups (broad SMARTS) is 1. The number of fused-ring (bicyclic) bond motifs is 1. The van der Waals surface area contributed by atoms with Gasteiger partial charge in [0.25, 0.3) is 5.91 Å². The van der Waals surface area contributed by atoms with Crippen molar-refractivity contribution < 1.29 is 24.6 Å². The lowest BCUT2D eigenvalue weighted by molar-refractivity contribution is -0.137. The number of phenols is 1. The molecule has 7 nitrogen and oxygen atoms in total. The van der Waals surface area contributed by atoms with Gasteiger partial charge in [0.05, 0.1) is 17.9 Å². The fraction of sp³-hybridized carbons (Fsp3) is 0.261. The molecule has 0 aliphatic heterocycles. The van der Waals surface area contributed by atoms with E-state index in [0.717, 1.165) is 0 Å². The quantitative estimate of drug-likeness (QED) is 0.533. The van der Waals surface area contributed by atoms with Gasteiger partial charge in [-0.05, 0) is 68.8 Å². The van der Waals surface area contributed by atoms with Gasteiger partial charge in [-0.25, -0.2) is 0 Å². The minimum absolute atomic E-state index is 0.0108. The Morgan fingerprint density at radius 1 is 1.10 bits per heavy atom. The summed E-state index contributed by atoms with van der Waals surface area (Å²) in [4.78, 5) is 37.0. The van der Waals surface area contributed by atoms with E-state index in [0.29, 0.717) is 32.7 Å². The maximum absolute atomic E-state index is 13.3. The Labute approximate surface area is 184 Å². The summed E-state index contributed by atoms with van der Waals surface area (Å²) < 4.78 is 1.51. The first-order valence-electron chi connectivity index (χ1n) is 9.76.